The van der Waals surface area contributed by atoms with Gasteiger partial charge in [0, 0.05) is 22.8 Å². The second kappa shape index (κ2) is 9.33. The van der Waals surface area contributed by atoms with E-state index in [1.165, 1.54) is 6.07 Å². The van der Waals surface area contributed by atoms with Gasteiger partial charge in [0.25, 0.3) is 0 Å². The maximum atomic E-state index is 12.2. The molecule has 3 aromatic carbocycles. The summed E-state index contributed by atoms with van der Waals surface area (Å²) in [6, 6.07) is 20.3. The molecule has 2 N–H and O–H groups in total. The predicted octanol–water partition coefficient (Wildman–Crippen LogP) is 3.95. The van der Waals surface area contributed by atoms with Crippen LogP contribution in [0.5, 0.6) is 17.2 Å². The number of benzene rings is 3. The van der Waals surface area contributed by atoms with Crippen LogP contribution in [0, 0.1) is 0 Å². The van der Waals surface area contributed by atoms with Crippen molar-refractivity contribution in [3.8, 4) is 17.2 Å². The fraction of sp³-hybridized carbons (Fsp3) is 0.208. The molecule has 0 bridgehead atoms. The minimum absolute atomic E-state index is 0.0579. The third-order valence-corrected chi connectivity index (χ3v) is 4.71. The molecule has 0 fully saturated rings. The average molecular weight is 407 g/mol. The molecule has 6 nitrogen and oxygen atoms in total. The second-order valence-electron chi connectivity index (χ2n) is 6.75. The van der Waals surface area contributed by atoms with Gasteiger partial charge >= 0.3 is 0 Å². The van der Waals surface area contributed by atoms with Crippen LogP contribution in [0.15, 0.2) is 66.7 Å². The number of methoxy groups -OCH3 is 1. The molecule has 1 aromatic heterocycles. The lowest BCUT2D eigenvalue weighted by molar-refractivity contribution is -0.120. The Balaban J connectivity index is 1.24. The summed E-state index contributed by atoms with van der Waals surface area (Å²) >= 11 is 0. The molecule has 0 unspecified atom stereocenters. The normalized spacial score (nSPS) is 12.9. The van der Waals surface area contributed by atoms with E-state index in [9.17, 15) is 4.79 Å². The molecule has 154 valence electrons. The van der Waals surface area contributed by atoms with Crippen LogP contribution >= 0.6 is 0 Å². The van der Waals surface area contributed by atoms with Gasteiger partial charge in [0.15, 0.2) is 17.3 Å². The predicted molar refractivity (Wildman–Crippen MR) is 118 cm³/mol. The number of aromatic nitrogens is 1. The first-order chi connectivity index (χ1) is 15.9. The van der Waals surface area contributed by atoms with Crippen LogP contribution in [0.3, 0.4) is 0 Å². The summed E-state index contributed by atoms with van der Waals surface area (Å²) in [5, 5.41) is 5.16. The number of fused-ring (bicyclic) bond motifs is 3. The molecule has 0 atom stereocenters. The number of carbonyl (C=O) groups excluding carboxylic acids is 1. The van der Waals surface area contributed by atoms with Gasteiger partial charge in [0.2, 0.25) is 0 Å². The number of ether oxygens (including phenoxy) is 3. The number of ketones is 1. The number of para-hydroxylation sites is 4. The summed E-state index contributed by atoms with van der Waals surface area (Å²) in [6.07, 6.45) is 0. The SMILES string of the molecule is [2H]C([2H])([2H])Oc1ccccc1OCCNCC(=O)COc1cccc2c1[nH]c1ccccc12. The third kappa shape index (κ3) is 4.39. The molecule has 0 aliphatic rings. The molecule has 0 amide bonds. The lowest BCUT2D eigenvalue weighted by Crippen LogP contribution is -2.30. The number of Topliss-reactive ketones (excluding diaryl/α,β-unsaturated/α-hetero) is 1. The molecule has 0 saturated heterocycles. The Kier molecular flexibility index (Phi) is 5.07. The zero-order valence-corrected chi connectivity index (χ0v) is 16.3. The molecule has 0 saturated carbocycles. The van der Waals surface area contributed by atoms with Crippen molar-refractivity contribution in [3.63, 3.8) is 0 Å². The largest absolute Gasteiger partial charge is 0.493 e. The first-order valence-electron chi connectivity index (χ1n) is 11.2. The van der Waals surface area contributed by atoms with E-state index in [0.717, 1.165) is 21.8 Å². The van der Waals surface area contributed by atoms with Crippen molar-refractivity contribution >= 4 is 27.6 Å². The van der Waals surface area contributed by atoms with E-state index in [1.807, 2.05) is 42.5 Å². The Hall–Kier alpha value is -3.51. The summed E-state index contributed by atoms with van der Waals surface area (Å²) in [7, 11) is -2.55. The number of hydrogen-bond donors (Lipinski definition) is 2. The van der Waals surface area contributed by atoms with Crippen molar-refractivity contribution in [1.29, 1.82) is 0 Å². The van der Waals surface area contributed by atoms with Crippen molar-refractivity contribution in [2.75, 3.05) is 33.3 Å². The van der Waals surface area contributed by atoms with Crippen LogP contribution in [0.2, 0.25) is 0 Å². The average Bonchev–Trinajstić information content (AvgIpc) is 3.17. The molecule has 0 spiro atoms. The quantitative estimate of drug-likeness (QED) is 0.390. The fourth-order valence-corrected chi connectivity index (χ4v) is 3.29. The maximum Gasteiger partial charge on any atom is 0.183 e. The smallest absolute Gasteiger partial charge is 0.183 e. The van der Waals surface area contributed by atoms with Crippen LogP contribution in [0.1, 0.15) is 4.11 Å². The molecule has 30 heavy (non-hydrogen) atoms. The Labute approximate surface area is 179 Å². The van der Waals surface area contributed by atoms with Gasteiger partial charge in [0.1, 0.15) is 19.0 Å². The van der Waals surface area contributed by atoms with Crippen LogP contribution in [0.25, 0.3) is 21.8 Å². The highest BCUT2D eigenvalue weighted by Gasteiger charge is 2.10. The molecule has 0 radical (unpaired) electrons. The van der Waals surface area contributed by atoms with Gasteiger partial charge < -0.3 is 24.5 Å². The van der Waals surface area contributed by atoms with E-state index in [0.29, 0.717) is 18.0 Å². The molecule has 1 heterocycles. The van der Waals surface area contributed by atoms with Crippen molar-refractivity contribution in [3.05, 3.63) is 66.7 Å². The Morgan fingerprint density at radius 3 is 2.60 bits per heavy atom. The van der Waals surface area contributed by atoms with Gasteiger partial charge in [-0.3, -0.25) is 4.79 Å². The highest BCUT2D eigenvalue weighted by molar-refractivity contribution is 6.09. The summed E-state index contributed by atoms with van der Waals surface area (Å²) in [6.45, 7) is 0.701. The second-order valence-corrected chi connectivity index (χ2v) is 6.75. The number of carbonyl (C=O) groups is 1. The van der Waals surface area contributed by atoms with Crippen LogP contribution in [-0.4, -0.2) is 44.1 Å². The van der Waals surface area contributed by atoms with Crippen LogP contribution < -0.4 is 19.5 Å². The first-order valence-corrected chi connectivity index (χ1v) is 9.66. The number of H-pyrrole nitrogens is 1. The van der Waals surface area contributed by atoms with E-state index in [-0.39, 0.29) is 31.3 Å². The van der Waals surface area contributed by atoms with Crippen LogP contribution in [0.4, 0.5) is 0 Å². The molecular formula is C24H24N2O4. The Morgan fingerprint density at radius 1 is 0.933 bits per heavy atom. The van der Waals surface area contributed by atoms with Crippen molar-refractivity contribution in [1.82, 2.24) is 10.3 Å². The van der Waals surface area contributed by atoms with Crippen molar-refractivity contribution in [2.45, 2.75) is 0 Å². The van der Waals surface area contributed by atoms with Gasteiger partial charge in [-0.05, 0) is 24.3 Å². The van der Waals surface area contributed by atoms with E-state index in [2.05, 4.69) is 10.3 Å². The zero-order valence-electron chi connectivity index (χ0n) is 19.3. The van der Waals surface area contributed by atoms with Gasteiger partial charge in [-0.2, -0.15) is 0 Å². The van der Waals surface area contributed by atoms with Gasteiger partial charge in [0.05, 0.1) is 23.2 Å². The summed E-state index contributed by atoms with van der Waals surface area (Å²) < 4.78 is 38.0. The molecule has 0 aliphatic carbocycles. The Morgan fingerprint density at radius 2 is 1.70 bits per heavy atom. The van der Waals surface area contributed by atoms with Gasteiger partial charge in [-0.15, -0.1) is 0 Å². The highest BCUT2D eigenvalue weighted by Crippen LogP contribution is 2.31. The van der Waals surface area contributed by atoms with E-state index >= 15 is 0 Å². The first kappa shape index (κ1) is 16.3. The lowest BCUT2D eigenvalue weighted by atomic mass is 10.1. The fourth-order valence-electron chi connectivity index (χ4n) is 3.29. The van der Waals surface area contributed by atoms with Gasteiger partial charge in [-0.1, -0.05) is 42.5 Å². The van der Waals surface area contributed by atoms with Crippen LogP contribution in [-0.2, 0) is 4.79 Å². The van der Waals surface area contributed by atoms with E-state index in [4.69, 9.17) is 18.3 Å². The maximum absolute atomic E-state index is 12.2. The number of nitrogens with one attached hydrogen (secondary N) is 2. The zero-order chi connectivity index (χ0) is 23.3. The molecule has 4 rings (SSSR count). The van der Waals surface area contributed by atoms with Crippen molar-refractivity contribution in [2.24, 2.45) is 0 Å². The minimum atomic E-state index is -2.55. The molecular weight excluding hydrogens is 380 g/mol. The van der Waals surface area contributed by atoms with Gasteiger partial charge in [-0.25, -0.2) is 0 Å². The summed E-state index contributed by atoms with van der Waals surface area (Å²) in [4.78, 5) is 15.6. The van der Waals surface area contributed by atoms with Crippen molar-refractivity contribution < 1.29 is 23.1 Å². The molecule has 4 aromatic rings. The monoisotopic (exact) mass is 407 g/mol. The molecule has 6 heteroatoms. The standard InChI is InChI=1S/C24H24N2O4/c1-28-21-10-4-5-11-22(21)29-14-13-25-15-17(27)16-30-23-12-6-8-19-18-7-2-3-9-20(18)26-24(19)23/h2-12,25-26H,13-16H2,1H3/i1D3. The Bertz CT molecular complexity index is 1250. The number of hydrogen-bond acceptors (Lipinski definition) is 5. The molecule has 0 aliphatic heterocycles. The minimum Gasteiger partial charge on any atom is -0.493 e. The lowest BCUT2D eigenvalue weighted by Gasteiger charge is -2.11. The third-order valence-electron chi connectivity index (χ3n) is 4.71. The number of rotatable bonds is 10. The summed E-state index contributed by atoms with van der Waals surface area (Å²) in [5.41, 5.74) is 1.88. The summed E-state index contributed by atoms with van der Waals surface area (Å²) in [5.74, 6) is 1.00. The number of aromatic amines is 1. The highest BCUT2D eigenvalue weighted by atomic mass is 16.5. The topological polar surface area (TPSA) is 72.6 Å². The van der Waals surface area contributed by atoms with E-state index < -0.39 is 7.04 Å². The van der Waals surface area contributed by atoms with E-state index in [1.54, 1.807) is 18.2 Å².